The molecule has 1 rings (SSSR count). The topological polar surface area (TPSA) is 25.6 Å². The van der Waals surface area contributed by atoms with Crippen LogP contribution in [0.5, 0.6) is 0 Å². The lowest BCUT2D eigenvalue weighted by Crippen LogP contribution is -2.41. The Kier molecular flexibility index (Phi) is 4.03. The summed E-state index contributed by atoms with van der Waals surface area (Å²) in [5.74, 6) is 2.05. The van der Waals surface area contributed by atoms with Crippen LogP contribution < -0.4 is 5.41 Å². The molecule has 0 unspecified atom stereocenters. The maximum Gasteiger partial charge on any atom is 0.190 e. The van der Waals surface area contributed by atoms with Crippen molar-refractivity contribution in [2.45, 2.75) is 13.8 Å². The van der Waals surface area contributed by atoms with Crippen molar-refractivity contribution in [3.05, 3.63) is 35.4 Å². The fraction of sp³-hybridized carbons (Fsp3) is 0.364. The first-order valence-electron chi connectivity index (χ1n) is 4.50. The molecule has 1 aromatic carbocycles. The minimum Gasteiger partial charge on any atom is -0.257 e. The molecular formula is C11H16NS+. The van der Waals surface area contributed by atoms with Crippen LogP contribution in [-0.2, 0) is 0 Å². The van der Waals surface area contributed by atoms with Crippen LogP contribution >= 0.6 is 11.8 Å². The highest BCUT2D eigenvalue weighted by molar-refractivity contribution is 7.99. The molecule has 0 aliphatic heterocycles. The number of thioether (sulfide) groups is 1. The molecule has 0 saturated heterocycles. The van der Waals surface area contributed by atoms with Crippen molar-refractivity contribution in [3.63, 3.8) is 0 Å². The van der Waals surface area contributed by atoms with E-state index in [4.69, 9.17) is 5.41 Å². The summed E-state index contributed by atoms with van der Waals surface area (Å²) in [5, 5.41) is 5.93. The van der Waals surface area contributed by atoms with Crippen LogP contribution in [0.25, 0.3) is 0 Å². The maximum atomic E-state index is 5.93. The Bertz CT molecular complexity index is 277. The van der Waals surface area contributed by atoms with E-state index in [0.29, 0.717) is 0 Å². The molecule has 0 fully saturated rings. The Morgan fingerprint density at radius 1 is 1.31 bits per heavy atom. The Hall–Kier alpha value is -0.760. The molecule has 1 aromatic rings. The quantitative estimate of drug-likeness (QED) is 0.718. The molecule has 0 radical (unpaired) electrons. The SMILES string of the molecule is CCSCC(=[NH2+])c1ccc(C)cc1. The summed E-state index contributed by atoms with van der Waals surface area (Å²) in [4.78, 5) is 0. The first kappa shape index (κ1) is 10.3. The molecule has 1 nitrogen and oxygen atoms in total. The molecule has 0 bridgehead atoms. The van der Waals surface area contributed by atoms with Gasteiger partial charge in [0.1, 0.15) is 0 Å². The Morgan fingerprint density at radius 3 is 2.46 bits per heavy atom. The zero-order chi connectivity index (χ0) is 9.68. The molecule has 0 saturated carbocycles. The summed E-state index contributed by atoms with van der Waals surface area (Å²) < 4.78 is 0. The molecule has 2 heteroatoms. The van der Waals surface area contributed by atoms with Crippen molar-refractivity contribution in [2.24, 2.45) is 0 Å². The fourth-order valence-corrected chi connectivity index (χ4v) is 1.65. The third-order valence-corrected chi connectivity index (χ3v) is 2.81. The van der Waals surface area contributed by atoms with E-state index in [-0.39, 0.29) is 0 Å². The number of nitrogens with two attached hydrogens (primary N) is 1. The van der Waals surface area contributed by atoms with Crippen molar-refractivity contribution in [1.82, 2.24) is 0 Å². The molecule has 70 valence electrons. The van der Waals surface area contributed by atoms with Gasteiger partial charge in [0.15, 0.2) is 5.71 Å². The summed E-state index contributed by atoms with van der Waals surface area (Å²) >= 11 is 1.85. The number of aryl methyl sites for hydroxylation is 1. The smallest absolute Gasteiger partial charge is 0.190 e. The lowest BCUT2D eigenvalue weighted by molar-refractivity contribution is -0.112. The van der Waals surface area contributed by atoms with Gasteiger partial charge >= 0.3 is 0 Å². The third kappa shape index (κ3) is 3.23. The second kappa shape index (κ2) is 5.07. The van der Waals surface area contributed by atoms with Crippen molar-refractivity contribution in [2.75, 3.05) is 11.5 Å². The zero-order valence-corrected chi connectivity index (χ0v) is 9.03. The van der Waals surface area contributed by atoms with Crippen LogP contribution in [-0.4, -0.2) is 17.2 Å². The highest BCUT2D eigenvalue weighted by Gasteiger charge is 2.05. The summed E-state index contributed by atoms with van der Waals surface area (Å²) in [6, 6.07) is 8.36. The van der Waals surface area contributed by atoms with Crippen molar-refractivity contribution in [1.29, 1.82) is 0 Å². The van der Waals surface area contributed by atoms with E-state index in [1.165, 1.54) is 5.56 Å². The standard InChI is InChI=1S/C11H15NS/c1-3-13-8-11(12)10-6-4-9(2)5-7-10/h4-7,12H,3,8H2,1-2H3/p+1. The molecule has 0 aromatic heterocycles. The van der Waals surface area contributed by atoms with E-state index in [1.807, 2.05) is 11.8 Å². The van der Waals surface area contributed by atoms with E-state index in [2.05, 4.69) is 38.1 Å². The minimum atomic E-state index is 0.930. The van der Waals surface area contributed by atoms with Crippen molar-refractivity contribution in [3.8, 4) is 0 Å². The van der Waals surface area contributed by atoms with Crippen LogP contribution in [0.15, 0.2) is 24.3 Å². The number of rotatable bonds is 4. The van der Waals surface area contributed by atoms with Gasteiger partial charge in [0.05, 0.1) is 5.75 Å². The lowest BCUT2D eigenvalue weighted by atomic mass is 10.1. The fourth-order valence-electron chi connectivity index (χ4n) is 1.06. The second-order valence-electron chi connectivity index (χ2n) is 3.03. The third-order valence-electron chi connectivity index (χ3n) is 1.88. The van der Waals surface area contributed by atoms with Crippen molar-refractivity contribution < 1.29 is 5.41 Å². The number of benzene rings is 1. The maximum absolute atomic E-state index is 5.93. The zero-order valence-electron chi connectivity index (χ0n) is 8.21. The molecule has 0 aliphatic carbocycles. The Balaban J connectivity index is 2.61. The van der Waals surface area contributed by atoms with Crippen LogP contribution in [0.3, 0.4) is 0 Å². The summed E-state index contributed by atoms with van der Waals surface area (Å²) in [6.07, 6.45) is 0. The van der Waals surface area contributed by atoms with Gasteiger partial charge in [-0.15, -0.1) is 0 Å². The van der Waals surface area contributed by atoms with Gasteiger partial charge in [0.2, 0.25) is 0 Å². The van der Waals surface area contributed by atoms with Gasteiger partial charge in [-0.05, 0) is 24.8 Å². The van der Waals surface area contributed by atoms with Crippen molar-refractivity contribution >= 4 is 17.5 Å². The van der Waals surface area contributed by atoms with Crippen LogP contribution in [0.2, 0.25) is 0 Å². The molecule has 13 heavy (non-hydrogen) atoms. The predicted octanol–water partition coefficient (Wildman–Crippen LogP) is 1.30. The molecule has 0 spiro atoms. The van der Waals surface area contributed by atoms with Crippen LogP contribution in [0.4, 0.5) is 0 Å². The van der Waals surface area contributed by atoms with Gasteiger partial charge < -0.3 is 0 Å². The number of hydrogen-bond acceptors (Lipinski definition) is 1. The summed E-state index contributed by atoms with van der Waals surface area (Å²) in [6.45, 7) is 4.23. The molecule has 0 atom stereocenters. The highest BCUT2D eigenvalue weighted by Crippen LogP contribution is 2.06. The lowest BCUT2D eigenvalue weighted by Gasteiger charge is -1.98. The highest BCUT2D eigenvalue weighted by atomic mass is 32.2. The van der Waals surface area contributed by atoms with E-state index in [1.54, 1.807) is 0 Å². The average molecular weight is 194 g/mol. The molecular weight excluding hydrogens is 178 g/mol. The largest absolute Gasteiger partial charge is 0.257 e. The molecule has 0 heterocycles. The van der Waals surface area contributed by atoms with E-state index >= 15 is 0 Å². The van der Waals surface area contributed by atoms with Crippen LogP contribution in [0, 0.1) is 6.92 Å². The Morgan fingerprint density at radius 2 is 1.92 bits per heavy atom. The average Bonchev–Trinajstić information content (AvgIpc) is 2.15. The van der Waals surface area contributed by atoms with Gasteiger partial charge in [-0.2, -0.15) is 11.8 Å². The summed E-state index contributed by atoms with van der Waals surface area (Å²) in [5.41, 5.74) is 3.41. The van der Waals surface area contributed by atoms with Crippen LogP contribution in [0.1, 0.15) is 18.1 Å². The van der Waals surface area contributed by atoms with E-state index in [9.17, 15) is 0 Å². The second-order valence-corrected chi connectivity index (χ2v) is 4.30. The normalized spacial score (nSPS) is 10.0. The van der Waals surface area contributed by atoms with Gasteiger partial charge in [-0.1, -0.05) is 24.6 Å². The first-order valence-corrected chi connectivity index (χ1v) is 5.65. The van der Waals surface area contributed by atoms with Gasteiger partial charge in [-0.25, -0.2) is 0 Å². The minimum absolute atomic E-state index is 0.930. The molecule has 0 amide bonds. The van der Waals surface area contributed by atoms with Gasteiger partial charge in [0, 0.05) is 5.56 Å². The summed E-state index contributed by atoms with van der Waals surface area (Å²) in [7, 11) is 0. The Labute approximate surface area is 84.1 Å². The monoisotopic (exact) mass is 194 g/mol. The van der Waals surface area contributed by atoms with Gasteiger partial charge in [0.25, 0.3) is 0 Å². The van der Waals surface area contributed by atoms with Gasteiger partial charge in [-0.3, -0.25) is 5.41 Å². The van der Waals surface area contributed by atoms with E-state index < -0.39 is 0 Å². The predicted molar refractivity (Wildman–Crippen MR) is 60.2 cm³/mol. The number of hydrogen-bond donors (Lipinski definition) is 1. The first-order chi connectivity index (χ1) is 6.24. The molecule has 2 N–H and O–H groups in total. The molecule has 0 aliphatic rings. The van der Waals surface area contributed by atoms with E-state index in [0.717, 1.165) is 22.8 Å².